The molecule has 0 saturated heterocycles. The maximum Gasteiger partial charge on any atom is 0.128 e. The Morgan fingerprint density at radius 2 is 1.83 bits per heavy atom. The van der Waals surface area contributed by atoms with Crippen molar-refractivity contribution < 1.29 is 0 Å². The number of hydrogen-bond donors (Lipinski definition) is 1. The highest BCUT2D eigenvalue weighted by Crippen LogP contribution is 2.12. The monoisotopic (exact) mass is 166 g/mol. The topological polar surface area (TPSA) is 24.9 Å². The molecular formula is C10H18N2. The lowest BCUT2D eigenvalue weighted by Crippen LogP contribution is -1.96. The zero-order chi connectivity index (χ0) is 9.56. The molecule has 0 bridgehead atoms. The Morgan fingerprint density at radius 1 is 1.25 bits per heavy atom. The molecular weight excluding hydrogens is 148 g/mol. The predicted molar refractivity (Wildman–Crippen MR) is 54.6 cm³/mol. The first kappa shape index (κ1) is 11.0. The van der Waals surface area contributed by atoms with Gasteiger partial charge in [0.25, 0.3) is 0 Å². The first-order valence-electron chi connectivity index (χ1n) is 4.35. The largest absolute Gasteiger partial charge is 0.373 e. The third-order valence-corrected chi connectivity index (χ3v) is 1.71. The van der Waals surface area contributed by atoms with Gasteiger partial charge in [0, 0.05) is 13.2 Å². The summed E-state index contributed by atoms with van der Waals surface area (Å²) >= 11 is 0. The minimum Gasteiger partial charge on any atom is -0.373 e. The van der Waals surface area contributed by atoms with Gasteiger partial charge in [-0.2, -0.15) is 0 Å². The highest BCUT2D eigenvalue weighted by Gasteiger charge is 1.97. The molecule has 0 saturated carbocycles. The predicted octanol–water partition coefficient (Wildman–Crippen LogP) is 2.77. The van der Waals surface area contributed by atoms with Crippen LogP contribution in [0.3, 0.4) is 0 Å². The molecule has 1 N–H and O–H groups in total. The van der Waals surface area contributed by atoms with Gasteiger partial charge in [-0.25, -0.2) is 4.98 Å². The molecule has 0 amide bonds. The first-order chi connectivity index (χ1) is 5.75. The molecule has 1 aromatic heterocycles. The van der Waals surface area contributed by atoms with Crippen LogP contribution in [0.5, 0.6) is 0 Å². The summed E-state index contributed by atoms with van der Waals surface area (Å²) in [5.41, 5.74) is 2.50. The summed E-state index contributed by atoms with van der Waals surface area (Å²) in [4.78, 5) is 4.15. The fraction of sp³-hybridized carbons (Fsp3) is 0.500. The van der Waals surface area contributed by atoms with Crippen molar-refractivity contribution in [3.63, 3.8) is 0 Å². The van der Waals surface area contributed by atoms with Crippen molar-refractivity contribution in [1.82, 2.24) is 4.98 Å². The highest BCUT2D eigenvalue weighted by atomic mass is 15.0. The number of nitrogens with zero attached hydrogens (tertiary/aromatic N) is 1. The second kappa shape index (κ2) is 5.58. The van der Waals surface area contributed by atoms with E-state index >= 15 is 0 Å². The summed E-state index contributed by atoms with van der Waals surface area (Å²) in [5, 5.41) is 3.02. The van der Waals surface area contributed by atoms with E-state index in [-0.39, 0.29) is 0 Å². The lowest BCUT2D eigenvalue weighted by atomic mass is 10.2. The van der Waals surface area contributed by atoms with Gasteiger partial charge >= 0.3 is 0 Å². The second-order valence-corrected chi connectivity index (χ2v) is 2.35. The molecule has 0 atom stereocenters. The molecule has 0 aliphatic carbocycles. The van der Waals surface area contributed by atoms with Crippen molar-refractivity contribution in [2.45, 2.75) is 27.7 Å². The Hall–Kier alpha value is -1.05. The van der Waals surface area contributed by atoms with Crippen molar-refractivity contribution in [3.8, 4) is 0 Å². The third kappa shape index (κ3) is 2.53. The van der Waals surface area contributed by atoms with Gasteiger partial charge in [0.05, 0.1) is 0 Å². The number of aryl methyl sites for hydroxylation is 1. The molecule has 0 aliphatic heterocycles. The van der Waals surface area contributed by atoms with Gasteiger partial charge in [-0.1, -0.05) is 13.8 Å². The van der Waals surface area contributed by atoms with E-state index in [1.807, 2.05) is 33.2 Å². The molecule has 2 heteroatoms. The standard InChI is InChI=1S/C8H12N2.C2H6/c1-6-4-5-10-8(9-3)7(6)2;1-2/h4-5H,1-3H3,(H,9,10);1-2H3. The second-order valence-electron chi connectivity index (χ2n) is 2.35. The van der Waals surface area contributed by atoms with E-state index < -0.39 is 0 Å². The Kier molecular flexibility index (Phi) is 5.09. The highest BCUT2D eigenvalue weighted by molar-refractivity contribution is 5.46. The van der Waals surface area contributed by atoms with Gasteiger partial charge in [0.2, 0.25) is 0 Å². The molecule has 0 spiro atoms. The maximum atomic E-state index is 4.15. The number of hydrogen-bond acceptors (Lipinski definition) is 2. The van der Waals surface area contributed by atoms with Crippen LogP contribution < -0.4 is 5.32 Å². The van der Waals surface area contributed by atoms with E-state index in [1.54, 1.807) is 0 Å². The number of anilines is 1. The van der Waals surface area contributed by atoms with Gasteiger partial charge in [0.15, 0.2) is 0 Å². The van der Waals surface area contributed by atoms with Crippen LogP contribution in [0.4, 0.5) is 5.82 Å². The fourth-order valence-corrected chi connectivity index (χ4v) is 0.884. The molecule has 1 heterocycles. The van der Waals surface area contributed by atoms with Crippen LogP contribution in [0.25, 0.3) is 0 Å². The molecule has 0 radical (unpaired) electrons. The van der Waals surface area contributed by atoms with Gasteiger partial charge in [-0.05, 0) is 31.0 Å². The van der Waals surface area contributed by atoms with Crippen LogP contribution in [-0.4, -0.2) is 12.0 Å². The minimum atomic E-state index is 0.972. The van der Waals surface area contributed by atoms with Crippen LogP contribution in [0.2, 0.25) is 0 Å². The van der Waals surface area contributed by atoms with Crippen LogP contribution in [0.15, 0.2) is 12.3 Å². The number of nitrogens with one attached hydrogen (secondary N) is 1. The van der Waals surface area contributed by atoms with E-state index in [4.69, 9.17) is 0 Å². The number of aromatic nitrogens is 1. The van der Waals surface area contributed by atoms with Crippen molar-refractivity contribution in [2.75, 3.05) is 12.4 Å². The van der Waals surface area contributed by atoms with Gasteiger partial charge in [-0.3, -0.25) is 0 Å². The number of rotatable bonds is 1. The summed E-state index contributed by atoms with van der Waals surface area (Å²) < 4.78 is 0. The van der Waals surface area contributed by atoms with Crippen molar-refractivity contribution in [2.24, 2.45) is 0 Å². The molecule has 1 aromatic rings. The zero-order valence-corrected chi connectivity index (χ0v) is 8.60. The van der Waals surface area contributed by atoms with Crippen molar-refractivity contribution >= 4 is 5.82 Å². The average Bonchev–Trinajstić information content (AvgIpc) is 2.13. The molecule has 0 unspecified atom stereocenters. The molecule has 0 aliphatic rings. The Balaban J connectivity index is 0.000000561. The quantitative estimate of drug-likeness (QED) is 0.694. The molecule has 0 fully saturated rings. The molecule has 2 nitrogen and oxygen atoms in total. The van der Waals surface area contributed by atoms with Crippen LogP contribution in [0, 0.1) is 13.8 Å². The Bertz CT molecular complexity index is 231. The van der Waals surface area contributed by atoms with Crippen LogP contribution in [-0.2, 0) is 0 Å². The normalized spacial score (nSPS) is 8.42. The van der Waals surface area contributed by atoms with E-state index in [0.717, 1.165) is 5.82 Å². The molecule has 0 aromatic carbocycles. The minimum absolute atomic E-state index is 0.972. The van der Waals surface area contributed by atoms with Crippen molar-refractivity contribution in [1.29, 1.82) is 0 Å². The smallest absolute Gasteiger partial charge is 0.128 e. The summed E-state index contributed by atoms with van der Waals surface area (Å²) in [6.07, 6.45) is 1.81. The van der Waals surface area contributed by atoms with E-state index in [1.165, 1.54) is 11.1 Å². The summed E-state index contributed by atoms with van der Waals surface area (Å²) in [6.45, 7) is 8.14. The zero-order valence-electron chi connectivity index (χ0n) is 8.60. The Morgan fingerprint density at radius 3 is 2.25 bits per heavy atom. The third-order valence-electron chi connectivity index (χ3n) is 1.71. The van der Waals surface area contributed by atoms with Crippen molar-refractivity contribution in [3.05, 3.63) is 23.4 Å². The van der Waals surface area contributed by atoms with E-state index in [2.05, 4.69) is 24.1 Å². The molecule has 1 rings (SSSR count). The lowest BCUT2D eigenvalue weighted by Gasteiger charge is -2.04. The first-order valence-corrected chi connectivity index (χ1v) is 4.35. The van der Waals surface area contributed by atoms with E-state index in [9.17, 15) is 0 Å². The van der Waals surface area contributed by atoms with Crippen LogP contribution in [0.1, 0.15) is 25.0 Å². The lowest BCUT2D eigenvalue weighted by molar-refractivity contribution is 1.20. The summed E-state index contributed by atoms with van der Waals surface area (Å²) in [5.74, 6) is 0.972. The SMILES string of the molecule is CC.CNc1nccc(C)c1C. The summed E-state index contributed by atoms with van der Waals surface area (Å²) in [7, 11) is 1.88. The van der Waals surface area contributed by atoms with E-state index in [0.29, 0.717) is 0 Å². The Labute approximate surface area is 75.0 Å². The molecule has 68 valence electrons. The van der Waals surface area contributed by atoms with Crippen LogP contribution >= 0.6 is 0 Å². The fourth-order valence-electron chi connectivity index (χ4n) is 0.884. The number of pyridine rings is 1. The van der Waals surface area contributed by atoms with Gasteiger partial charge in [0.1, 0.15) is 5.82 Å². The van der Waals surface area contributed by atoms with Gasteiger partial charge < -0.3 is 5.32 Å². The molecule has 12 heavy (non-hydrogen) atoms. The van der Waals surface area contributed by atoms with Gasteiger partial charge in [-0.15, -0.1) is 0 Å². The average molecular weight is 166 g/mol. The maximum absolute atomic E-state index is 4.15. The summed E-state index contributed by atoms with van der Waals surface area (Å²) in [6, 6.07) is 2.01.